The van der Waals surface area contributed by atoms with Gasteiger partial charge in [0.1, 0.15) is 5.75 Å². The second-order valence-electron chi connectivity index (χ2n) is 4.74. The van der Waals surface area contributed by atoms with Crippen molar-refractivity contribution in [3.63, 3.8) is 0 Å². The molecule has 0 radical (unpaired) electrons. The Labute approximate surface area is 95.6 Å². The summed E-state index contributed by atoms with van der Waals surface area (Å²) in [6.07, 6.45) is 2.26. The van der Waals surface area contributed by atoms with Crippen molar-refractivity contribution in [2.45, 2.75) is 24.9 Å². The van der Waals surface area contributed by atoms with Crippen molar-refractivity contribution in [2.24, 2.45) is 0 Å². The minimum absolute atomic E-state index is 0.0956. The van der Waals surface area contributed by atoms with Crippen LogP contribution in [-0.2, 0) is 12.1 Å². The number of hydrogen-bond acceptors (Lipinski definition) is 3. The highest BCUT2D eigenvalue weighted by molar-refractivity contribution is 5.44. The first kappa shape index (κ1) is 10.1. The Balaban J connectivity index is 2.09. The predicted octanol–water partition coefficient (Wildman–Crippen LogP) is 1.49. The summed E-state index contributed by atoms with van der Waals surface area (Å²) in [4.78, 5) is 2.40. The molecule has 1 aromatic carbocycles. The number of hydrogen-bond donors (Lipinski definition) is 1. The molecule has 2 heterocycles. The Morgan fingerprint density at radius 3 is 3.12 bits per heavy atom. The summed E-state index contributed by atoms with van der Waals surface area (Å²) >= 11 is 0. The maximum Gasteiger partial charge on any atom is 0.119 e. The van der Waals surface area contributed by atoms with Gasteiger partial charge in [-0.2, -0.15) is 0 Å². The van der Waals surface area contributed by atoms with Gasteiger partial charge in [-0.1, -0.05) is 6.07 Å². The summed E-state index contributed by atoms with van der Waals surface area (Å²) in [7, 11) is 1.69. The smallest absolute Gasteiger partial charge is 0.119 e. The summed E-state index contributed by atoms with van der Waals surface area (Å²) in [5, 5.41) is 9.73. The molecule has 1 fully saturated rings. The summed E-state index contributed by atoms with van der Waals surface area (Å²) < 4.78 is 5.25. The predicted molar refractivity (Wildman–Crippen MR) is 61.4 cm³/mol. The van der Waals surface area contributed by atoms with E-state index in [4.69, 9.17) is 4.74 Å². The molecule has 16 heavy (non-hydrogen) atoms. The van der Waals surface area contributed by atoms with Crippen LogP contribution in [-0.4, -0.2) is 30.3 Å². The zero-order valence-electron chi connectivity index (χ0n) is 9.57. The Morgan fingerprint density at radius 2 is 2.38 bits per heavy atom. The number of ether oxygens (including phenoxy) is 1. The van der Waals surface area contributed by atoms with Crippen LogP contribution in [0.15, 0.2) is 18.2 Å². The molecule has 1 saturated heterocycles. The van der Waals surface area contributed by atoms with Crippen LogP contribution in [0, 0.1) is 0 Å². The number of methoxy groups -OCH3 is 1. The minimum atomic E-state index is -0.0956. The number of aliphatic hydroxyl groups excluding tert-OH is 1. The first-order valence-corrected chi connectivity index (χ1v) is 5.83. The lowest BCUT2D eigenvalue weighted by Gasteiger charge is -2.30. The average Bonchev–Trinajstić information content (AvgIpc) is 2.83. The Hall–Kier alpha value is -1.06. The van der Waals surface area contributed by atoms with Crippen LogP contribution in [0.4, 0.5) is 0 Å². The third kappa shape index (κ3) is 1.16. The molecule has 3 nitrogen and oxygen atoms in total. The molecule has 0 amide bonds. The third-order valence-electron chi connectivity index (χ3n) is 4.06. The van der Waals surface area contributed by atoms with Gasteiger partial charge in [0.05, 0.1) is 19.3 Å². The molecule has 86 valence electrons. The number of aliphatic hydroxyl groups is 1. The van der Waals surface area contributed by atoms with E-state index in [9.17, 15) is 5.11 Å². The highest BCUT2D eigenvalue weighted by Gasteiger charge is 2.47. The van der Waals surface area contributed by atoms with Gasteiger partial charge >= 0.3 is 0 Å². The van der Waals surface area contributed by atoms with E-state index in [2.05, 4.69) is 17.0 Å². The van der Waals surface area contributed by atoms with Crippen molar-refractivity contribution in [1.29, 1.82) is 0 Å². The van der Waals surface area contributed by atoms with Crippen molar-refractivity contribution < 1.29 is 9.84 Å². The van der Waals surface area contributed by atoms with Gasteiger partial charge in [-0.15, -0.1) is 0 Å². The normalized spacial score (nSPS) is 27.9. The maximum absolute atomic E-state index is 9.73. The molecule has 0 aliphatic carbocycles. The molecular formula is C13H17NO2. The van der Waals surface area contributed by atoms with Gasteiger partial charge in [0.25, 0.3) is 0 Å². The molecule has 2 aliphatic heterocycles. The number of nitrogens with zero attached hydrogens (tertiary/aromatic N) is 1. The quantitative estimate of drug-likeness (QED) is 0.818. The summed E-state index contributed by atoms with van der Waals surface area (Å²) in [5.74, 6) is 0.910. The summed E-state index contributed by atoms with van der Waals surface area (Å²) in [6, 6.07) is 6.22. The highest BCUT2D eigenvalue weighted by Crippen LogP contribution is 2.46. The first-order valence-electron chi connectivity index (χ1n) is 5.83. The number of rotatable bonds is 2. The maximum atomic E-state index is 9.73. The largest absolute Gasteiger partial charge is 0.497 e. The van der Waals surface area contributed by atoms with Crippen LogP contribution < -0.4 is 4.74 Å². The first-order chi connectivity index (χ1) is 7.80. The van der Waals surface area contributed by atoms with E-state index in [0.29, 0.717) is 0 Å². The molecule has 3 rings (SSSR count). The van der Waals surface area contributed by atoms with Gasteiger partial charge in [-0.05, 0) is 42.6 Å². The SMILES string of the molecule is COc1ccc2c(c1)CN1CCCC21CO. The van der Waals surface area contributed by atoms with Gasteiger partial charge in [0.15, 0.2) is 0 Å². The van der Waals surface area contributed by atoms with E-state index >= 15 is 0 Å². The zero-order chi connectivity index (χ0) is 11.2. The molecule has 1 atom stereocenters. The van der Waals surface area contributed by atoms with Gasteiger partial charge in [-0.25, -0.2) is 0 Å². The Bertz CT molecular complexity index is 418. The fourth-order valence-corrected chi connectivity index (χ4v) is 3.22. The molecule has 0 saturated carbocycles. The van der Waals surface area contributed by atoms with E-state index < -0.39 is 0 Å². The van der Waals surface area contributed by atoms with Gasteiger partial charge < -0.3 is 9.84 Å². The Morgan fingerprint density at radius 1 is 1.50 bits per heavy atom. The highest BCUT2D eigenvalue weighted by atomic mass is 16.5. The van der Waals surface area contributed by atoms with Crippen LogP contribution in [0.2, 0.25) is 0 Å². The molecule has 1 unspecified atom stereocenters. The Kier molecular flexibility index (Phi) is 2.19. The molecule has 1 aromatic rings. The van der Waals surface area contributed by atoms with E-state index in [1.807, 2.05) is 6.07 Å². The minimum Gasteiger partial charge on any atom is -0.497 e. The molecule has 2 aliphatic rings. The fraction of sp³-hybridized carbons (Fsp3) is 0.538. The lowest BCUT2D eigenvalue weighted by Crippen LogP contribution is -2.38. The zero-order valence-corrected chi connectivity index (χ0v) is 9.57. The topological polar surface area (TPSA) is 32.7 Å². The molecule has 1 N–H and O–H groups in total. The number of fused-ring (bicyclic) bond motifs is 3. The van der Waals surface area contributed by atoms with E-state index in [0.717, 1.165) is 25.3 Å². The third-order valence-corrected chi connectivity index (χ3v) is 4.06. The van der Waals surface area contributed by atoms with Crippen molar-refractivity contribution in [2.75, 3.05) is 20.3 Å². The van der Waals surface area contributed by atoms with Crippen molar-refractivity contribution >= 4 is 0 Å². The lowest BCUT2D eigenvalue weighted by atomic mass is 9.89. The van der Waals surface area contributed by atoms with Crippen LogP contribution in [0.1, 0.15) is 24.0 Å². The van der Waals surface area contributed by atoms with Crippen LogP contribution >= 0.6 is 0 Å². The van der Waals surface area contributed by atoms with Crippen LogP contribution in [0.25, 0.3) is 0 Å². The summed E-state index contributed by atoms with van der Waals surface area (Å²) in [6.45, 7) is 2.27. The molecule has 3 heteroatoms. The van der Waals surface area contributed by atoms with Crippen LogP contribution in [0.3, 0.4) is 0 Å². The summed E-state index contributed by atoms with van der Waals surface area (Å²) in [5.41, 5.74) is 2.52. The monoisotopic (exact) mass is 219 g/mol. The van der Waals surface area contributed by atoms with Gasteiger partial charge in [-0.3, -0.25) is 4.90 Å². The van der Waals surface area contributed by atoms with Crippen molar-refractivity contribution in [1.82, 2.24) is 4.90 Å². The van der Waals surface area contributed by atoms with E-state index in [1.54, 1.807) is 7.11 Å². The standard InChI is InChI=1S/C13H17NO2/c1-16-11-3-4-12-10(7-11)8-14-6-2-5-13(12,14)9-15/h3-4,7,15H,2,5-6,8-9H2,1H3. The van der Waals surface area contributed by atoms with Crippen molar-refractivity contribution in [3.8, 4) is 5.75 Å². The van der Waals surface area contributed by atoms with E-state index in [1.165, 1.54) is 17.5 Å². The average molecular weight is 219 g/mol. The van der Waals surface area contributed by atoms with Crippen molar-refractivity contribution in [3.05, 3.63) is 29.3 Å². The second-order valence-corrected chi connectivity index (χ2v) is 4.74. The molecule has 0 aromatic heterocycles. The second kappa shape index (κ2) is 3.47. The molecular weight excluding hydrogens is 202 g/mol. The van der Waals surface area contributed by atoms with E-state index in [-0.39, 0.29) is 12.1 Å². The molecule has 0 spiro atoms. The van der Waals surface area contributed by atoms with Crippen LogP contribution in [0.5, 0.6) is 5.75 Å². The van der Waals surface area contributed by atoms with Gasteiger partial charge in [0.2, 0.25) is 0 Å². The van der Waals surface area contributed by atoms with Gasteiger partial charge in [0, 0.05) is 6.54 Å². The number of benzene rings is 1. The lowest BCUT2D eigenvalue weighted by molar-refractivity contribution is 0.0752. The molecule has 0 bridgehead atoms. The fourth-order valence-electron chi connectivity index (χ4n) is 3.22.